The maximum atomic E-state index is 10.8. The summed E-state index contributed by atoms with van der Waals surface area (Å²) in [5, 5.41) is 11.9. The summed E-state index contributed by atoms with van der Waals surface area (Å²) in [6.07, 6.45) is 2.36. The SMILES string of the molecule is CCC(CC)CN1CCSC1=Nc1ccc([N+](=O)[O-])cc1C. The lowest BCUT2D eigenvalue weighted by atomic mass is 10.0. The lowest BCUT2D eigenvalue weighted by Crippen LogP contribution is -2.30. The molecule has 1 aliphatic heterocycles. The van der Waals surface area contributed by atoms with E-state index in [4.69, 9.17) is 4.99 Å². The molecule has 1 aromatic carbocycles. The first-order valence-corrected chi connectivity index (χ1v) is 8.75. The number of non-ortho nitro benzene ring substituents is 1. The lowest BCUT2D eigenvalue weighted by Gasteiger charge is -2.23. The highest BCUT2D eigenvalue weighted by Gasteiger charge is 2.22. The maximum absolute atomic E-state index is 10.8. The third-order valence-corrected chi connectivity index (χ3v) is 5.10. The molecule has 0 unspecified atom stereocenters. The fourth-order valence-corrected chi connectivity index (χ4v) is 3.55. The minimum absolute atomic E-state index is 0.120. The highest BCUT2D eigenvalue weighted by atomic mass is 32.2. The first kappa shape index (κ1) is 16.8. The Kier molecular flexibility index (Phi) is 5.83. The molecule has 120 valence electrons. The van der Waals surface area contributed by atoms with Gasteiger partial charge >= 0.3 is 0 Å². The Hall–Kier alpha value is -1.56. The van der Waals surface area contributed by atoms with Crippen LogP contribution in [0.25, 0.3) is 0 Å². The van der Waals surface area contributed by atoms with Gasteiger partial charge in [0, 0.05) is 31.0 Å². The van der Waals surface area contributed by atoms with Crippen molar-refractivity contribution in [1.82, 2.24) is 4.90 Å². The molecule has 6 heteroatoms. The molecule has 0 radical (unpaired) electrons. The molecule has 0 atom stereocenters. The van der Waals surface area contributed by atoms with E-state index >= 15 is 0 Å². The third kappa shape index (κ3) is 4.00. The normalized spacial score (nSPS) is 16.7. The standard InChI is InChI=1S/C16H23N3O2S/c1-4-13(5-2)11-18-8-9-22-16(18)17-15-7-6-14(19(20)21)10-12(15)3/h6-7,10,13H,4-5,8-9,11H2,1-3H3. The molecule has 22 heavy (non-hydrogen) atoms. The van der Waals surface area contributed by atoms with Crippen molar-refractivity contribution in [1.29, 1.82) is 0 Å². The predicted octanol–water partition coefficient (Wildman–Crippen LogP) is 4.38. The highest BCUT2D eigenvalue weighted by molar-refractivity contribution is 8.14. The van der Waals surface area contributed by atoms with E-state index < -0.39 is 0 Å². The van der Waals surface area contributed by atoms with Gasteiger partial charge in [0.1, 0.15) is 0 Å². The number of rotatable bonds is 6. The summed E-state index contributed by atoms with van der Waals surface area (Å²) in [4.78, 5) is 17.5. The minimum Gasteiger partial charge on any atom is -0.350 e. The molecule has 0 bridgehead atoms. The Morgan fingerprint density at radius 1 is 1.41 bits per heavy atom. The molecular weight excluding hydrogens is 298 g/mol. The number of nitro benzene ring substituents is 1. The lowest BCUT2D eigenvalue weighted by molar-refractivity contribution is -0.384. The summed E-state index contributed by atoms with van der Waals surface area (Å²) >= 11 is 1.77. The number of aliphatic imine (C=N–C) groups is 1. The van der Waals surface area contributed by atoms with Crippen LogP contribution in [0.5, 0.6) is 0 Å². The number of nitrogens with zero attached hydrogens (tertiary/aromatic N) is 3. The average Bonchev–Trinajstić information content (AvgIpc) is 2.93. The number of hydrogen-bond donors (Lipinski definition) is 0. The van der Waals surface area contributed by atoms with Crippen LogP contribution in [-0.2, 0) is 0 Å². The van der Waals surface area contributed by atoms with Gasteiger partial charge < -0.3 is 4.90 Å². The quantitative estimate of drug-likeness (QED) is 0.576. The summed E-state index contributed by atoms with van der Waals surface area (Å²) < 4.78 is 0. The van der Waals surface area contributed by atoms with Gasteiger partial charge in [-0.2, -0.15) is 0 Å². The van der Waals surface area contributed by atoms with Gasteiger partial charge in [-0.3, -0.25) is 10.1 Å². The van der Waals surface area contributed by atoms with Crippen LogP contribution in [0.2, 0.25) is 0 Å². The molecule has 1 aliphatic rings. The summed E-state index contributed by atoms with van der Waals surface area (Å²) in [6, 6.07) is 4.86. The van der Waals surface area contributed by atoms with Crippen molar-refractivity contribution in [2.24, 2.45) is 10.9 Å². The second-order valence-corrected chi connectivity index (χ2v) is 6.66. The van der Waals surface area contributed by atoms with Crippen LogP contribution in [0.15, 0.2) is 23.2 Å². The van der Waals surface area contributed by atoms with E-state index in [1.165, 1.54) is 18.9 Å². The van der Waals surface area contributed by atoms with E-state index in [2.05, 4.69) is 18.7 Å². The monoisotopic (exact) mass is 321 g/mol. The van der Waals surface area contributed by atoms with E-state index in [0.29, 0.717) is 5.92 Å². The molecule has 1 saturated heterocycles. The molecule has 0 saturated carbocycles. The number of benzene rings is 1. The van der Waals surface area contributed by atoms with Gasteiger partial charge in [0.2, 0.25) is 0 Å². The third-order valence-electron chi connectivity index (χ3n) is 4.10. The number of amidine groups is 1. The Bertz CT molecular complexity index is 571. The number of hydrogen-bond acceptors (Lipinski definition) is 4. The van der Waals surface area contributed by atoms with Gasteiger partial charge in [-0.1, -0.05) is 38.5 Å². The van der Waals surface area contributed by atoms with Crippen LogP contribution in [0, 0.1) is 23.0 Å². The van der Waals surface area contributed by atoms with Crippen molar-refractivity contribution in [2.75, 3.05) is 18.8 Å². The van der Waals surface area contributed by atoms with Crippen LogP contribution in [0.1, 0.15) is 32.3 Å². The van der Waals surface area contributed by atoms with E-state index in [1.807, 2.05) is 6.92 Å². The predicted molar refractivity (Wildman–Crippen MR) is 93.0 cm³/mol. The number of thioether (sulfide) groups is 1. The number of nitro groups is 1. The molecule has 1 aromatic rings. The van der Waals surface area contributed by atoms with Crippen molar-refractivity contribution in [3.8, 4) is 0 Å². The van der Waals surface area contributed by atoms with Crippen molar-refractivity contribution in [3.05, 3.63) is 33.9 Å². The largest absolute Gasteiger partial charge is 0.350 e. The van der Waals surface area contributed by atoms with Crippen LogP contribution in [0.3, 0.4) is 0 Å². The molecule has 0 N–H and O–H groups in total. The Morgan fingerprint density at radius 3 is 2.73 bits per heavy atom. The van der Waals surface area contributed by atoms with Gasteiger partial charge in [0.15, 0.2) is 5.17 Å². The molecular formula is C16H23N3O2S. The van der Waals surface area contributed by atoms with Gasteiger partial charge in [0.25, 0.3) is 5.69 Å². The Balaban J connectivity index is 2.18. The van der Waals surface area contributed by atoms with Crippen LogP contribution >= 0.6 is 11.8 Å². The van der Waals surface area contributed by atoms with Crippen molar-refractivity contribution in [3.63, 3.8) is 0 Å². The number of aryl methyl sites for hydroxylation is 1. The highest BCUT2D eigenvalue weighted by Crippen LogP contribution is 2.28. The molecule has 0 amide bonds. The summed E-state index contributed by atoms with van der Waals surface area (Å²) in [5.41, 5.74) is 1.79. The Morgan fingerprint density at radius 2 is 2.14 bits per heavy atom. The zero-order chi connectivity index (χ0) is 16.1. The van der Waals surface area contributed by atoms with E-state index in [1.54, 1.807) is 23.9 Å². The molecule has 2 rings (SSSR count). The second kappa shape index (κ2) is 7.63. The first-order chi connectivity index (χ1) is 10.5. The van der Waals surface area contributed by atoms with Gasteiger partial charge in [0.05, 0.1) is 10.6 Å². The van der Waals surface area contributed by atoms with Crippen LogP contribution < -0.4 is 0 Å². The smallest absolute Gasteiger partial charge is 0.269 e. The van der Waals surface area contributed by atoms with Gasteiger partial charge in [-0.25, -0.2) is 4.99 Å². The zero-order valence-electron chi connectivity index (χ0n) is 13.4. The van der Waals surface area contributed by atoms with Gasteiger partial charge in [-0.05, 0) is 24.5 Å². The molecule has 1 fully saturated rings. The maximum Gasteiger partial charge on any atom is 0.269 e. The van der Waals surface area contributed by atoms with E-state index in [9.17, 15) is 10.1 Å². The van der Waals surface area contributed by atoms with Gasteiger partial charge in [-0.15, -0.1) is 0 Å². The molecule has 0 aromatic heterocycles. The van der Waals surface area contributed by atoms with Crippen molar-refractivity contribution in [2.45, 2.75) is 33.6 Å². The summed E-state index contributed by atoms with van der Waals surface area (Å²) in [5.74, 6) is 1.76. The first-order valence-electron chi connectivity index (χ1n) is 7.76. The topological polar surface area (TPSA) is 58.7 Å². The van der Waals surface area contributed by atoms with Crippen LogP contribution in [-0.4, -0.2) is 33.8 Å². The fourth-order valence-electron chi connectivity index (χ4n) is 2.55. The second-order valence-electron chi connectivity index (χ2n) is 5.60. The summed E-state index contributed by atoms with van der Waals surface area (Å²) in [7, 11) is 0. The molecule has 0 spiro atoms. The molecule has 1 heterocycles. The molecule has 5 nitrogen and oxygen atoms in total. The zero-order valence-corrected chi connectivity index (χ0v) is 14.2. The minimum atomic E-state index is -0.367. The molecule has 0 aliphatic carbocycles. The summed E-state index contributed by atoms with van der Waals surface area (Å²) in [6.45, 7) is 8.41. The van der Waals surface area contributed by atoms with Crippen molar-refractivity contribution < 1.29 is 4.92 Å². The fraction of sp³-hybridized carbons (Fsp3) is 0.562. The van der Waals surface area contributed by atoms with Crippen molar-refractivity contribution >= 4 is 28.3 Å². The average molecular weight is 321 g/mol. The van der Waals surface area contributed by atoms with E-state index in [-0.39, 0.29) is 10.6 Å². The Labute approximate surface area is 136 Å². The van der Waals surface area contributed by atoms with E-state index in [0.717, 1.165) is 35.3 Å². The van der Waals surface area contributed by atoms with Crippen LogP contribution in [0.4, 0.5) is 11.4 Å².